The number of benzene rings is 1. The van der Waals surface area contributed by atoms with Crippen molar-refractivity contribution in [2.45, 2.75) is 13.8 Å². The SMILES string of the molecule is CC(C)CNC(=O)c1n[nH]c2ccc(-c3cccnc3F)cc12. The molecular formula is C17H17FN4O. The number of carbonyl (C=O) groups excluding carboxylic acids is 1. The smallest absolute Gasteiger partial charge is 0.272 e. The van der Waals surface area contributed by atoms with Crippen molar-refractivity contribution in [1.29, 1.82) is 0 Å². The maximum Gasteiger partial charge on any atom is 0.272 e. The number of pyridine rings is 1. The molecule has 0 radical (unpaired) electrons. The van der Waals surface area contributed by atoms with Crippen LogP contribution in [0.5, 0.6) is 0 Å². The monoisotopic (exact) mass is 312 g/mol. The maximum atomic E-state index is 13.9. The molecule has 2 N–H and O–H groups in total. The second-order valence-electron chi connectivity index (χ2n) is 5.78. The zero-order valence-electron chi connectivity index (χ0n) is 12.9. The predicted octanol–water partition coefficient (Wildman–Crippen LogP) is 3.15. The highest BCUT2D eigenvalue weighted by Crippen LogP contribution is 2.26. The van der Waals surface area contributed by atoms with Gasteiger partial charge in [0.1, 0.15) is 0 Å². The van der Waals surface area contributed by atoms with Crippen molar-refractivity contribution in [2.75, 3.05) is 6.54 Å². The van der Waals surface area contributed by atoms with Crippen molar-refractivity contribution in [3.05, 3.63) is 48.2 Å². The molecule has 0 bridgehead atoms. The van der Waals surface area contributed by atoms with E-state index in [1.165, 1.54) is 6.20 Å². The van der Waals surface area contributed by atoms with Crippen LogP contribution in [0.1, 0.15) is 24.3 Å². The van der Waals surface area contributed by atoms with Gasteiger partial charge in [0, 0.05) is 23.7 Å². The fourth-order valence-corrected chi connectivity index (χ4v) is 2.34. The van der Waals surface area contributed by atoms with E-state index in [9.17, 15) is 9.18 Å². The van der Waals surface area contributed by atoms with Gasteiger partial charge in [-0.25, -0.2) is 4.98 Å². The average Bonchev–Trinajstić information content (AvgIpc) is 2.96. The molecule has 0 unspecified atom stereocenters. The van der Waals surface area contributed by atoms with E-state index in [0.717, 1.165) is 5.52 Å². The van der Waals surface area contributed by atoms with Crippen molar-refractivity contribution in [3.63, 3.8) is 0 Å². The molecule has 6 heteroatoms. The van der Waals surface area contributed by atoms with Crippen molar-refractivity contribution in [1.82, 2.24) is 20.5 Å². The Morgan fingerprint density at radius 1 is 1.35 bits per heavy atom. The summed E-state index contributed by atoms with van der Waals surface area (Å²) in [7, 11) is 0. The Hall–Kier alpha value is -2.76. The zero-order chi connectivity index (χ0) is 16.4. The van der Waals surface area contributed by atoms with Gasteiger partial charge in [0.15, 0.2) is 5.69 Å². The summed E-state index contributed by atoms with van der Waals surface area (Å²) < 4.78 is 13.9. The van der Waals surface area contributed by atoms with E-state index >= 15 is 0 Å². The van der Waals surface area contributed by atoms with Gasteiger partial charge in [-0.1, -0.05) is 19.9 Å². The second-order valence-corrected chi connectivity index (χ2v) is 5.78. The molecule has 1 amide bonds. The molecule has 3 aromatic rings. The maximum absolute atomic E-state index is 13.9. The number of aromatic amines is 1. The number of H-pyrrole nitrogens is 1. The highest BCUT2D eigenvalue weighted by molar-refractivity contribution is 6.05. The molecule has 0 aliphatic heterocycles. The third kappa shape index (κ3) is 3.06. The normalized spacial score (nSPS) is 11.1. The molecule has 5 nitrogen and oxygen atoms in total. The Bertz CT molecular complexity index is 857. The van der Waals surface area contributed by atoms with Gasteiger partial charge in [-0.3, -0.25) is 9.89 Å². The molecule has 0 saturated carbocycles. The molecule has 118 valence electrons. The van der Waals surface area contributed by atoms with E-state index in [4.69, 9.17) is 0 Å². The molecule has 0 atom stereocenters. The number of rotatable bonds is 4. The van der Waals surface area contributed by atoms with Crippen LogP contribution >= 0.6 is 0 Å². The number of fused-ring (bicyclic) bond motifs is 1. The first-order valence-corrected chi connectivity index (χ1v) is 7.43. The van der Waals surface area contributed by atoms with Gasteiger partial charge in [-0.05, 0) is 35.7 Å². The number of halogens is 1. The Morgan fingerprint density at radius 3 is 2.91 bits per heavy atom. The van der Waals surface area contributed by atoms with Gasteiger partial charge in [-0.2, -0.15) is 9.49 Å². The largest absolute Gasteiger partial charge is 0.350 e. The van der Waals surface area contributed by atoms with E-state index in [1.54, 1.807) is 30.3 Å². The van der Waals surface area contributed by atoms with Gasteiger partial charge in [0.05, 0.1) is 5.52 Å². The van der Waals surface area contributed by atoms with Crippen LogP contribution in [0, 0.1) is 11.9 Å². The minimum Gasteiger partial charge on any atom is -0.350 e. The lowest BCUT2D eigenvalue weighted by atomic mass is 10.0. The van der Waals surface area contributed by atoms with Gasteiger partial charge < -0.3 is 5.32 Å². The number of aromatic nitrogens is 3. The molecule has 2 heterocycles. The van der Waals surface area contributed by atoms with Gasteiger partial charge in [-0.15, -0.1) is 0 Å². The van der Waals surface area contributed by atoms with Crippen molar-refractivity contribution >= 4 is 16.8 Å². The first kappa shape index (κ1) is 15.1. The Balaban J connectivity index is 2.00. The summed E-state index contributed by atoms with van der Waals surface area (Å²) in [4.78, 5) is 15.9. The van der Waals surface area contributed by atoms with Crippen LogP contribution in [0.2, 0.25) is 0 Å². The molecule has 3 rings (SSSR count). The summed E-state index contributed by atoms with van der Waals surface area (Å²) >= 11 is 0. The minimum absolute atomic E-state index is 0.242. The zero-order valence-corrected chi connectivity index (χ0v) is 12.9. The Kier molecular flexibility index (Phi) is 4.06. The fourth-order valence-electron chi connectivity index (χ4n) is 2.34. The van der Waals surface area contributed by atoms with Crippen LogP contribution in [0.15, 0.2) is 36.5 Å². The lowest BCUT2D eigenvalue weighted by molar-refractivity contribution is 0.0945. The van der Waals surface area contributed by atoms with E-state index in [1.807, 2.05) is 13.8 Å². The van der Waals surface area contributed by atoms with Gasteiger partial charge in [0.25, 0.3) is 5.91 Å². The lowest BCUT2D eigenvalue weighted by Gasteiger charge is -2.06. The van der Waals surface area contributed by atoms with Crippen LogP contribution in [-0.2, 0) is 0 Å². The van der Waals surface area contributed by atoms with Gasteiger partial charge >= 0.3 is 0 Å². The summed E-state index contributed by atoms with van der Waals surface area (Å²) in [5, 5.41) is 10.4. The number of amides is 1. The van der Waals surface area contributed by atoms with Crippen molar-refractivity contribution < 1.29 is 9.18 Å². The summed E-state index contributed by atoms with van der Waals surface area (Å²) in [6.07, 6.45) is 1.40. The van der Waals surface area contributed by atoms with Crippen molar-refractivity contribution in [3.8, 4) is 11.1 Å². The minimum atomic E-state index is -0.541. The molecule has 0 saturated heterocycles. The number of hydrogen-bond donors (Lipinski definition) is 2. The fraction of sp³-hybridized carbons (Fsp3) is 0.235. The second kappa shape index (κ2) is 6.16. The quantitative estimate of drug-likeness (QED) is 0.727. The highest BCUT2D eigenvalue weighted by atomic mass is 19.1. The van der Waals surface area contributed by atoms with Gasteiger partial charge in [0.2, 0.25) is 5.95 Å². The predicted molar refractivity (Wildman–Crippen MR) is 86.5 cm³/mol. The number of carbonyl (C=O) groups is 1. The van der Waals surface area contributed by atoms with E-state index in [-0.39, 0.29) is 5.91 Å². The van der Waals surface area contributed by atoms with E-state index in [2.05, 4.69) is 20.5 Å². The average molecular weight is 312 g/mol. The molecule has 2 aromatic heterocycles. The first-order valence-electron chi connectivity index (χ1n) is 7.43. The summed E-state index contributed by atoms with van der Waals surface area (Å²) in [5.41, 5.74) is 2.09. The van der Waals surface area contributed by atoms with Crippen molar-refractivity contribution in [2.24, 2.45) is 5.92 Å². The molecule has 0 aliphatic carbocycles. The summed E-state index contributed by atoms with van der Waals surface area (Å²) in [5.74, 6) is -0.431. The van der Waals surface area contributed by atoms with E-state index in [0.29, 0.717) is 34.7 Å². The van der Waals surface area contributed by atoms with Crippen LogP contribution in [0.25, 0.3) is 22.0 Å². The third-order valence-electron chi connectivity index (χ3n) is 3.52. The van der Waals surface area contributed by atoms with Crippen LogP contribution < -0.4 is 5.32 Å². The highest BCUT2D eigenvalue weighted by Gasteiger charge is 2.15. The molecule has 1 aromatic carbocycles. The van der Waals surface area contributed by atoms with Crippen LogP contribution in [0.3, 0.4) is 0 Å². The number of nitrogens with one attached hydrogen (secondary N) is 2. The van der Waals surface area contributed by atoms with Crippen LogP contribution in [0.4, 0.5) is 4.39 Å². The standard InChI is InChI=1S/C17H17FN4O/c1-10(2)9-20-17(23)15-13-8-11(5-6-14(13)21-22-15)12-4-3-7-19-16(12)18/h3-8,10H,9H2,1-2H3,(H,20,23)(H,21,22). The Morgan fingerprint density at radius 2 is 2.17 bits per heavy atom. The lowest BCUT2D eigenvalue weighted by Crippen LogP contribution is -2.27. The first-order chi connectivity index (χ1) is 11.1. The molecular weight excluding hydrogens is 295 g/mol. The van der Waals surface area contributed by atoms with E-state index < -0.39 is 5.95 Å². The molecule has 0 spiro atoms. The molecule has 0 aliphatic rings. The summed E-state index contributed by atoms with van der Waals surface area (Å²) in [6.45, 7) is 4.61. The Labute approximate surface area is 132 Å². The number of hydrogen-bond acceptors (Lipinski definition) is 3. The summed E-state index contributed by atoms with van der Waals surface area (Å²) in [6, 6.07) is 8.64. The van der Waals surface area contributed by atoms with Crippen LogP contribution in [-0.4, -0.2) is 27.6 Å². The molecule has 0 fully saturated rings. The number of nitrogens with zero attached hydrogens (tertiary/aromatic N) is 2. The topological polar surface area (TPSA) is 70.7 Å². The third-order valence-corrected chi connectivity index (χ3v) is 3.52. The molecule has 23 heavy (non-hydrogen) atoms.